The van der Waals surface area contributed by atoms with Crippen molar-refractivity contribution in [1.82, 2.24) is 0 Å². The zero-order valence-corrected chi connectivity index (χ0v) is 9.38. The highest BCUT2D eigenvalue weighted by Crippen LogP contribution is 2.30. The largest absolute Gasteiger partial charge is 0.497 e. The van der Waals surface area contributed by atoms with Crippen LogP contribution < -0.4 is 15.2 Å². The van der Waals surface area contributed by atoms with Crippen molar-refractivity contribution in [2.24, 2.45) is 5.73 Å². The molecule has 0 heterocycles. The first kappa shape index (κ1) is 12.8. The highest BCUT2D eigenvalue weighted by atomic mass is 16.5. The minimum absolute atomic E-state index is 0.0263. The molecular weight excluding hydrogens is 210 g/mol. The molecule has 0 fully saturated rings. The van der Waals surface area contributed by atoms with Crippen molar-refractivity contribution < 1.29 is 19.7 Å². The zero-order chi connectivity index (χ0) is 12.1. The Morgan fingerprint density at radius 2 is 1.94 bits per heavy atom. The Labute approximate surface area is 94.4 Å². The topological polar surface area (TPSA) is 84.9 Å². The molecule has 4 N–H and O–H groups in total. The number of methoxy groups -OCH3 is 2. The molecule has 1 rings (SSSR count). The molecule has 16 heavy (non-hydrogen) atoms. The summed E-state index contributed by atoms with van der Waals surface area (Å²) in [7, 11) is 3.02. The molecule has 0 aromatic heterocycles. The second-order valence-corrected chi connectivity index (χ2v) is 3.36. The van der Waals surface area contributed by atoms with E-state index in [0.29, 0.717) is 17.1 Å². The van der Waals surface area contributed by atoms with Crippen LogP contribution in [0.25, 0.3) is 0 Å². The Morgan fingerprint density at radius 1 is 1.25 bits per heavy atom. The van der Waals surface area contributed by atoms with Crippen LogP contribution in [-0.4, -0.2) is 37.1 Å². The van der Waals surface area contributed by atoms with Crippen LogP contribution in [-0.2, 0) is 0 Å². The Morgan fingerprint density at radius 3 is 2.44 bits per heavy atom. The van der Waals surface area contributed by atoms with E-state index in [4.69, 9.17) is 15.2 Å². The summed E-state index contributed by atoms with van der Waals surface area (Å²) >= 11 is 0. The van der Waals surface area contributed by atoms with Crippen LogP contribution in [0.15, 0.2) is 18.2 Å². The van der Waals surface area contributed by atoms with E-state index in [1.165, 1.54) is 14.2 Å². The predicted molar refractivity (Wildman–Crippen MR) is 59.6 cm³/mol. The molecule has 0 spiro atoms. The summed E-state index contributed by atoms with van der Waals surface area (Å²) in [6.07, 6.45) is -2.11. The van der Waals surface area contributed by atoms with E-state index in [9.17, 15) is 10.2 Å². The van der Waals surface area contributed by atoms with E-state index >= 15 is 0 Å². The number of ether oxygens (including phenoxy) is 2. The van der Waals surface area contributed by atoms with Gasteiger partial charge in [0, 0.05) is 12.1 Å². The third kappa shape index (κ3) is 2.63. The number of benzene rings is 1. The highest BCUT2D eigenvalue weighted by Gasteiger charge is 2.21. The maximum atomic E-state index is 9.86. The summed E-state index contributed by atoms with van der Waals surface area (Å²) in [5.41, 5.74) is 5.75. The third-order valence-corrected chi connectivity index (χ3v) is 2.36. The zero-order valence-electron chi connectivity index (χ0n) is 9.38. The van der Waals surface area contributed by atoms with Gasteiger partial charge >= 0.3 is 0 Å². The average molecular weight is 227 g/mol. The minimum Gasteiger partial charge on any atom is -0.497 e. The van der Waals surface area contributed by atoms with Crippen LogP contribution >= 0.6 is 0 Å². The number of aliphatic hydroxyl groups excluding tert-OH is 2. The van der Waals surface area contributed by atoms with Crippen LogP contribution in [0.1, 0.15) is 11.7 Å². The first-order valence-corrected chi connectivity index (χ1v) is 4.92. The van der Waals surface area contributed by atoms with E-state index < -0.39 is 12.2 Å². The number of nitrogens with two attached hydrogens (primary N) is 1. The van der Waals surface area contributed by atoms with Crippen molar-refractivity contribution in [1.29, 1.82) is 0 Å². The molecule has 0 aliphatic heterocycles. The molecule has 0 radical (unpaired) electrons. The fourth-order valence-electron chi connectivity index (χ4n) is 1.41. The summed E-state index contributed by atoms with van der Waals surface area (Å²) in [5, 5.41) is 19.3. The van der Waals surface area contributed by atoms with Gasteiger partial charge in [-0.2, -0.15) is 0 Å². The standard InChI is InChI=1S/C11H17NO4/c1-15-7-3-4-10(16-2)8(5-7)11(14)9(13)6-12/h3-5,9,11,13-14H,6,12H2,1-2H3. The Hall–Kier alpha value is -1.30. The van der Waals surface area contributed by atoms with Crippen LogP contribution in [0, 0.1) is 0 Å². The van der Waals surface area contributed by atoms with Crippen molar-refractivity contribution in [3.8, 4) is 11.5 Å². The molecular formula is C11H17NO4. The summed E-state index contributed by atoms with van der Waals surface area (Å²) in [6.45, 7) is -0.0263. The van der Waals surface area contributed by atoms with E-state index in [1.54, 1.807) is 18.2 Å². The highest BCUT2D eigenvalue weighted by molar-refractivity contribution is 5.42. The quantitative estimate of drug-likeness (QED) is 0.662. The van der Waals surface area contributed by atoms with Gasteiger partial charge in [0.1, 0.15) is 17.6 Å². The normalized spacial score (nSPS) is 14.3. The molecule has 0 aliphatic rings. The molecule has 0 amide bonds. The SMILES string of the molecule is COc1ccc(OC)c(C(O)C(O)CN)c1. The monoisotopic (exact) mass is 227 g/mol. The van der Waals surface area contributed by atoms with Gasteiger partial charge in [0.15, 0.2) is 0 Å². The van der Waals surface area contributed by atoms with Gasteiger partial charge < -0.3 is 25.4 Å². The smallest absolute Gasteiger partial charge is 0.125 e. The molecule has 0 bridgehead atoms. The van der Waals surface area contributed by atoms with Gasteiger partial charge in [-0.15, -0.1) is 0 Å². The van der Waals surface area contributed by atoms with Crippen molar-refractivity contribution >= 4 is 0 Å². The number of hydrogen-bond acceptors (Lipinski definition) is 5. The second kappa shape index (κ2) is 5.69. The Kier molecular flexibility index (Phi) is 4.54. The molecule has 0 aliphatic carbocycles. The van der Waals surface area contributed by atoms with Gasteiger partial charge in [-0.3, -0.25) is 0 Å². The summed E-state index contributed by atoms with van der Waals surface area (Å²) in [6, 6.07) is 4.99. The van der Waals surface area contributed by atoms with E-state index in [-0.39, 0.29) is 6.54 Å². The molecule has 5 nitrogen and oxygen atoms in total. The van der Waals surface area contributed by atoms with E-state index in [2.05, 4.69) is 0 Å². The molecule has 0 saturated carbocycles. The first-order chi connectivity index (χ1) is 7.63. The van der Waals surface area contributed by atoms with Crippen molar-refractivity contribution in [3.63, 3.8) is 0 Å². The van der Waals surface area contributed by atoms with Gasteiger partial charge in [-0.05, 0) is 18.2 Å². The predicted octanol–water partition coefficient (Wildman–Crippen LogP) is 0.0568. The van der Waals surface area contributed by atoms with Gasteiger partial charge in [-0.1, -0.05) is 0 Å². The molecule has 2 atom stereocenters. The lowest BCUT2D eigenvalue weighted by Gasteiger charge is -2.19. The fourth-order valence-corrected chi connectivity index (χ4v) is 1.41. The van der Waals surface area contributed by atoms with Crippen LogP contribution in [0.3, 0.4) is 0 Å². The fraction of sp³-hybridized carbons (Fsp3) is 0.455. The maximum absolute atomic E-state index is 9.86. The second-order valence-electron chi connectivity index (χ2n) is 3.36. The van der Waals surface area contributed by atoms with Gasteiger partial charge in [-0.25, -0.2) is 0 Å². The van der Waals surface area contributed by atoms with Crippen molar-refractivity contribution in [2.45, 2.75) is 12.2 Å². The lowest BCUT2D eigenvalue weighted by Crippen LogP contribution is -2.27. The van der Waals surface area contributed by atoms with Gasteiger partial charge in [0.05, 0.1) is 20.3 Å². The molecule has 2 unspecified atom stereocenters. The third-order valence-electron chi connectivity index (χ3n) is 2.36. The molecule has 5 heteroatoms. The molecule has 90 valence electrons. The Balaban J connectivity index is 3.07. The van der Waals surface area contributed by atoms with E-state index in [0.717, 1.165) is 0 Å². The molecule has 1 aromatic carbocycles. The molecule has 0 saturated heterocycles. The van der Waals surface area contributed by atoms with Crippen LogP contribution in [0.2, 0.25) is 0 Å². The lowest BCUT2D eigenvalue weighted by atomic mass is 10.0. The molecule has 1 aromatic rings. The van der Waals surface area contributed by atoms with Crippen molar-refractivity contribution in [2.75, 3.05) is 20.8 Å². The number of aliphatic hydroxyl groups is 2. The van der Waals surface area contributed by atoms with E-state index in [1.807, 2.05) is 0 Å². The summed E-state index contributed by atoms with van der Waals surface area (Å²) in [5.74, 6) is 1.07. The summed E-state index contributed by atoms with van der Waals surface area (Å²) in [4.78, 5) is 0. The van der Waals surface area contributed by atoms with Gasteiger partial charge in [0.2, 0.25) is 0 Å². The van der Waals surface area contributed by atoms with Gasteiger partial charge in [0.25, 0.3) is 0 Å². The minimum atomic E-state index is -1.09. The lowest BCUT2D eigenvalue weighted by molar-refractivity contribution is 0.0228. The Bertz CT molecular complexity index is 343. The van der Waals surface area contributed by atoms with Crippen LogP contribution in [0.4, 0.5) is 0 Å². The van der Waals surface area contributed by atoms with Crippen molar-refractivity contribution in [3.05, 3.63) is 23.8 Å². The summed E-state index contributed by atoms with van der Waals surface area (Å²) < 4.78 is 10.1. The number of hydrogen-bond donors (Lipinski definition) is 3. The average Bonchev–Trinajstić information content (AvgIpc) is 2.35. The first-order valence-electron chi connectivity index (χ1n) is 4.92. The number of rotatable bonds is 5. The maximum Gasteiger partial charge on any atom is 0.125 e. The van der Waals surface area contributed by atoms with Crippen LogP contribution in [0.5, 0.6) is 11.5 Å².